The third kappa shape index (κ3) is 3.76. The maximum absolute atomic E-state index is 5.50. The first-order valence-corrected chi connectivity index (χ1v) is 7.17. The van der Waals surface area contributed by atoms with Gasteiger partial charge in [-0.05, 0) is 11.6 Å². The molecule has 6 heteroatoms. The highest BCUT2D eigenvalue weighted by Gasteiger charge is 2.31. The first-order valence-electron chi connectivity index (χ1n) is 4.80. The van der Waals surface area contributed by atoms with Crippen LogP contribution in [0.25, 0.3) is 6.08 Å². The van der Waals surface area contributed by atoms with Gasteiger partial charge in [0.1, 0.15) is 0 Å². The van der Waals surface area contributed by atoms with Gasteiger partial charge in [-0.3, -0.25) is 5.43 Å². The van der Waals surface area contributed by atoms with Crippen molar-refractivity contribution < 1.29 is 4.84 Å². The number of allylic oxidation sites excluding steroid dienone is 1. The molecule has 0 aliphatic carbocycles. The highest BCUT2D eigenvalue weighted by Crippen LogP contribution is 2.42. The number of hydroxylamine groups is 1. The fourth-order valence-corrected chi connectivity index (χ4v) is 1.77. The lowest BCUT2D eigenvalue weighted by molar-refractivity contribution is -0.0788. The Morgan fingerprint density at radius 1 is 1.18 bits per heavy atom. The summed E-state index contributed by atoms with van der Waals surface area (Å²) in [6.45, 7) is 0. The van der Waals surface area contributed by atoms with E-state index in [0.29, 0.717) is 5.76 Å². The summed E-state index contributed by atoms with van der Waals surface area (Å²) in [5.74, 6) is 0.676. The fraction of sp³-hybridized carbons (Fsp3) is 0.0909. The molecule has 0 aromatic heterocycles. The molecule has 3 nitrogen and oxygen atoms in total. The highest BCUT2D eigenvalue weighted by atomic mass is 80.0. The van der Waals surface area contributed by atoms with Crippen molar-refractivity contribution in [1.29, 1.82) is 0 Å². The van der Waals surface area contributed by atoms with Gasteiger partial charge in [0.25, 0.3) is 0 Å². The van der Waals surface area contributed by atoms with Crippen LogP contribution in [0.4, 0.5) is 0 Å². The van der Waals surface area contributed by atoms with Gasteiger partial charge in [-0.25, -0.2) is 0 Å². The number of nitrogens with one attached hydrogen (secondary N) is 1. The van der Waals surface area contributed by atoms with E-state index >= 15 is 0 Å². The van der Waals surface area contributed by atoms with Crippen molar-refractivity contribution in [2.75, 3.05) is 0 Å². The highest BCUT2D eigenvalue weighted by molar-refractivity contribution is 9.39. The van der Waals surface area contributed by atoms with Crippen molar-refractivity contribution in [2.24, 2.45) is 0 Å². The van der Waals surface area contributed by atoms with E-state index in [-0.39, 0.29) is 0 Å². The second-order valence-corrected chi connectivity index (χ2v) is 10.0. The monoisotopic (exact) mass is 422 g/mol. The average Bonchev–Trinajstić information content (AvgIpc) is 2.76. The lowest BCUT2D eigenvalue weighted by Gasteiger charge is -2.16. The van der Waals surface area contributed by atoms with Crippen LogP contribution in [-0.4, -0.2) is 7.32 Å². The van der Waals surface area contributed by atoms with Crippen LogP contribution < -0.4 is 5.43 Å². The smallest absolute Gasteiger partial charge is 0.196 e. The molecule has 0 saturated carbocycles. The molecule has 0 unspecified atom stereocenters. The van der Waals surface area contributed by atoms with Crippen LogP contribution in [0.15, 0.2) is 48.5 Å². The van der Waals surface area contributed by atoms with Gasteiger partial charge >= 0.3 is 0 Å². The van der Waals surface area contributed by atoms with E-state index in [1.54, 1.807) is 12.4 Å². The summed E-state index contributed by atoms with van der Waals surface area (Å²) in [6, 6.07) is 10.00. The van der Waals surface area contributed by atoms with Gasteiger partial charge in [0.2, 0.25) is 0 Å². The molecule has 0 radical (unpaired) electrons. The first kappa shape index (κ1) is 13.0. The molecule has 0 atom stereocenters. The molecule has 0 spiro atoms. The largest absolute Gasteiger partial charge is 0.359 e. The molecule has 1 aromatic rings. The molecule has 0 fully saturated rings. The molecule has 17 heavy (non-hydrogen) atoms. The Morgan fingerprint density at radius 2 is 1.88 bits per heavy atom. The van der Waals surface area contributed by atoms with Gasteiger partial charge in [0.15, 0.2) is 7.90 Å². The third-order valence-corrected chi connectivity index (χ3v) is 3.17. The van der Waals surface area contributed by atoms with E-state index < -0.39 is 2.14 Å². The standard InChI is InChI=1S/C11H9Br3N2O/c12-11(13,14)10-8-15-16(17-10)7-6-9-4-2-1-3-5-9/h1-8,15H. The predicted octanol–water partition coefficient (Wildman–Crippen LogP) is 4.09. The van der Waals surface area contributed by atoms with E-state index in [4.69, 9.17) is 4.84 Å². The van der Waals surface area contributed by atoms with E-state index in [1.165, 1.54) is 5.17 Å². The van der Waals surface area contributed by atoms with E-state index in [0.717, 1.165) is 5.56 Å². The zero-order valence-electron chi connectivity index (χ0n) is 8.61. The number of hydrogen-bond donors (Lipinski definition) is 1. The summed E-state index contributed by atoms with van der Waals surface area (Å²) >= 11 is 10.1. The van der Waals surface area contributed by atoms with Gasteiger partial charge in [0, 0.05) is 0 Å². The Balaban J connectivity index is 1.94. The molecule has 1 aromatic carbocycles. The zero-order valence-corrected chi connectivity index (χ0v) is 13.4. The Hall–Kier alpha value is -0.460. The minimum atomic E-state index is -0.546. The Labute approximate surface area is 125 Å². The summed E-state index contributed by atoms with van der Waals surface area (Å²) in [4.78, 5) is 5.50. The van der Waals surface area contributed by atoms with Crippen molar-refractivity contribution in [3.63, 3.8) is 0 Å². The van der Waals surface area contributed by atoms with Crippen molar-refractivity contribution >= 4 is 53.9 Å². The number of nitrogens with zero attached hydrogens (tertiary/aromatic N) is 1. The fourth-order valence-electron chi connectivity index (χ4n) is 1.21. The minimum absolute atomic E-state index is 0.546. The summed E-state index contributed by atoms with van der Waals surface area (Å²) in [7, 11) is 0. The Morgan fingerprint density at radius 3 is 2.47 bits per heavy atom. The van der Waals surface area contributed by atoms with Crippen LogP contribution >= 0.6 is 47.8 Å². The molecular weight excluding hydrogens is 416 g/mol. The number of benzene rings is 1. The molecule has 0 bridgehead atoms. The van der Waals surface area contributed by atoms with Crippen LogP contribution in [-0.2, 0) is 4.84 Å². The second-order valence-electron chi connectivity index (χ2n) is 3.28. The van der Waals surface area contributed by atoms with Crippen molar-refractivity contribution in [3.05, 3.63) is 54.1 Å². The van der Waals surface area contributed by atoms with Gasteiger partial charge in [-0.2, -0.15) is 0 Å². The van der Waals surface area contributed by atoms with Crippen LogP contribution in [0.1, 0.15) is 5.56 Å². The van der Waals surface area contributed by atoms with Gasteiger partial charge < -0.3 is 4.84 Å². The summed E-state index contributed by atoms with van der Waals surface area (Å²) < 4.78 is -0.546. The molecule has 1 aliphatic heterocycles. The van der Waals surface area contributed by atoms with Crippen LogP contribution in [0.2, 0.25) is 0 Å². The Bertz CT molecular complexity index is 440. The molecule has 1 N–H and O–H groups in total. The maximum atomic E-state index is 5.50. The predicted molar refractivity (Wildman–Crippen MR) is 79.1 cm³/mol. The zero-order chi connectivity index (χ0) is 12.3. The maximum Gasteiger partial charge on any atom is 0.196 e. The lowest BCUT2D eigenvalue weighted by Crippen LogP contribution is -2.22. The molecule has 1 heterocycles. The number of alkyl halides is 3. The molecule has 2 rings (SSSR count). The summed E-state index contributed by atoms with van der Waals surface area (Å²) in [5, 5.41) is 1.51. The molecule has 0 saturated heterocycles. The second kappa shape index (κ2) is 5.46. The Kier molecular flexibility index (Phi) is 4.17. The van der Waals surface area contributed by atoms with Crippen molar-refractivity contribution in [1.82, 2.24) is 10.6 Å². The van der Waals surface area contributed by atoms with Crippen molar-refractivity contribution in [3.8, 4) is 0 Å². The quantitative estimate of drug-likeness (QED) is 0.724. The SMILES string of the molecule is BrC(Br)(Br)C1=CNN(C=Cc2ccccc2)O1. The van der Waals surface area contributed by atoms with Crippen molar-refractivity contribution in [2.45, 2.75) is 2.14 Å². The van der Waals surface area contributed by atoms with Gasteiger partial charge in [0.05, 0.1) is 12.4 Å². The molecule has 0 amide bonds. The van der Waals surface area contributed by atoms with E-state index in [2.05, 4.69) is 53.2 Å². The topological polar surface area (TPSA) is 24.5 Å². The molecule has 90 valence electrons. The number of halogens is 3. The summed E-state index contributed by atoms with van der Waals surface area (Å²) in [5.41, 5.74) is 4.06. The molecular formula is C11H9Br3N2O. The average molecular weight is 425 g/mol. The number of hydrazine groups is 1. The van der Waals surface area contributed by atoms with Gasteiger partial charge in [-0.15, -0.1) is 5.17 Å². The first-order chi connectivity index (χ1) is 8.05. The van der Waals surface area contributed by atoms with Gasteiger partial charge in [-0.1, -0.05) is 78.1 Å². The van der Waals surface area contributed by atoms with Crippen LogP contribution in [0.5, 0.6) is 0 Å². The third-order valence-electron chi connectivity index (χ3n) is 2.00. The number of hydrogen-bond acceptors (Lipinski definition) is 3. The molecule has 1 aliphatic rings. The minimum Gasteiger partial charge on any atom is -0.359 e. The van der Waals surface area contributed by atoms with Crippen LogP contribution in [0, 0.1) is 0 Å². The van der Waals surface area contributed by atoms with E-state index in [9.17, 15) is 0 Å². The summed E-state index contributed by atoms with van der Waals surface area (Å²) in [6.07, 6.45) is 5.49. The lowest BCUT2D eigenvalue weighted by atomic mass is 10.2. The normalized spacial score (nSPS) is 15.7. The number of rotatable bonds is 2. The van der Waals surface area contributed by atoms with E-state index in [1.807, 2.05) is 36.4 Å². The van der Waals surface area contributed by atoms with Crippen LogP contribution in [0.3, 0.4) is 0 Å².